The van der Waals surface area contributed by atoms with E-state index in [1.807, 2.05) is 24.3 Å². The highest BCUT2D eigenvalue weighted by atomic mass is 35.5. The maximum absolute atomic E-state index is 10.4. The normalized spacial score (nSPS) is 12.6. The second kappa shape index (κ2) is 9.15. The fraction of sp³-hybridized carbons (Fsp3) is 0.105. The molecule has 0 saturated carbocycles. The molecule has 1 aromatic heterocycles. The molecule has 1 aliphatic rings. The molecule has 4 rings (SSSR count). The van der Waals surface area contributed by atoms with Crippen molar-refractivity contribution in [2.45, 2.75) is 16.8 Å². The lowest BCUT2D eigenvalue weighted by atomic mass is 10.2. The highest BCUT2D eigenvalue weighted by Crippen LogP contribution is 2.30. The van der Waals surface area contributed by atoms with Gasteiger partial charge in [-0.2, -0.15) is 18.2 Å². The number of benzene rings is 2. The number of rotatable bonds is 0. The number of carbonyl (C=O) groups excluding carboxylic acids is 1. The molecule has 0 fully saturated rings. The van der Waals surface area contributed by atoms with E-state index >= 15 is 0 Å². The molecule has 6 bridgehead atoms. The lowest BCUT2D eigenvalue weighted by Crippen LogP contribution is -2.07. The third kappa shape index (κ3) is 6.37. The molecular formula is C19H14ClF3N4OS. The van der Waals surface area contributed by atoms with Crippen LogP contribution in [0.25, 0.3) is 0 Å². The third-order valence-corrected chi connectivity index (χ3v) is 4.90. The molecule has 2 aromatic carbocycles. The van der Waals surface area contributed by atoms with E-state index < -0.39 is 12.5 Å². The summed E-state index contributed by atoms with van der Waals surface area (Å²) in [7, 11) is 0. The van der Waals surface area contributed by atoms with E-state index in [0.717, 1.165) is 17.1 Å². The molecule has 0 radical (unpaired) electrons. The van der Waals surface area contributed by atoms with Gasteiger partial charge >= 0.3 is 6.18 Å². The van der Waals surface area contributed by atoms with Gasteiger partial charge < -0.3 is 10.6 Å². The summed E-state index contributed by atoms with van der Waals surface area (Å²) in [5, 5.41) is 6.97. The van der Waals surface area contributed by atoms with Crippen LogP contribution in [0.2, 0.25) is 5.02 Å². The van der Waals surface area contributed by atoms with Crippen molar-refractivity contribution >= 4 is 52.8 Å². The first-order chi connectivity index (χ1) is 13.8. The monoisotopic (exact) mass is 438 g/mol. The number of halogens is 4. The average molecular weight is 439 g/mol. The Kier molecular flexibility index (Phi) is 6.60. The number of carbonyl (C=O) groups is 1. The van der Waals surface area contributed by atoms with Gasteiger partial charge in [-0.25, -0.2) is 4.98 Å². The molecule has 0 spiro atoms. The van der Waals surface area contributed by atoms with Gasteiger partial charge in [0.1, 0.15) is 5.02 Å². The average Bonchev–Trinajstić information content (AvgIpc) is 2.69. The van der Waals surface area contributed by atoms with Crippen molar-refractivity contribution in [3.63, 3.8) is 0 Å². The number of nitrogens with zero attached hydrogens (tertiary/aromatic N) is 2. The number of hydrogen-bond acceptors (Lipinski definition) is 6. The van der Waals surface area contributed by atoms with Crippen molar-refractivity contribution in [2.24, 2.45) is 0 Å². The molecule has 5 nitrogen and oxygen atoms in total. The highest BCUT2D eigenvalue weighted by Gasteiger charge is 2.24. The van der Waals surface area contributed by atoms with E-state index in [1.54, 1.807) is 18.0 Å². The maximum Gasteiger partial charge on any atom is 0.446 e. The minimum absolute atomic E-state index is 0.485. The number of alkyl halides is 3. The number of nitrogens with one attached hydrogen (secondary N) is 2. The summed E-state index contributed by atoms with van der Waals surface area (Å²) in [6.45, 7) is 0. The molecule has 2 N–H and O–H groups in total. The van der Waals surface area contributed by atoms with Crippen LogP contribution in [-0.2, 0) is 10.5 Å². The minimum Gasteiger partial charge on any atom is -0.339 e. The quantitative estimate of drug-likeness (QED) is 0.421. The van der Waals surface area contributed by atoms with Gasteiger partial charge in [0.05, 0.1) is 6.20 Å². The van der Waals surface area contributed by atoms with Crippen molar-refractivity contribution < 1.29 is 18.0 Å². The summed E-state index contributed by atoms with van der Waals surface area (Å²) in [4.78, 5) is 18.6. The third-order valence-electron chi connectivity index (χ3n) is 3.56. The first kappa shape index (κ1) is 20.9. The fourth-order valence-electron chi connectivity index (χ4n) is 2.35. The Morgan fingerprint density at radius 1 is 1.07 bits per heavy atom. The molecule has 10 heteroatoms. The zero-order valence-corrected chi connectivity index (χ0v) is 16.3. The summed E-state index contributed by atoms with van der Waals surface area (Å²) in [6, 6.07) is 16.5. The van der Waals surface area contributed by atoms with Crippen molar-refractivity contribution in [3.8, 4) is 0 Å². The molecule has 0 amide bonds. The summed E-state index contributed by atoms with van der Waals surface area (Å²) in [6.07, 6.45) is -4.10. The van der Waals surface area contributed by atoms with Gasteiger partial charge in [-0.1, -0.05) is 29.8 Å². The molecular weight excluding hydrogens is 425 g/mol. The van der Waals surface area contributed by atoms with Crippen LogP contribution < -0.4 is 10.6 Å². The largest absolute Gasteiger partial charge is 0.446 e. The van der Waals surface area contributed by atoms with E-state index in [2.05, 4.69) is 44.9 Å². The Balaban J connectivity index is 0.000000353. The Hall–Kier alpha value is -2.78. The number of thioether (sulfide) groups is 1. The zero-order valence-electron chi connectivity index (χ0n) is 14.7. The van der Waals surface area contributed by atoms with Crippen LogP contribution in [-0.4, -0.2) is 22.4 Å². The van der Waals surface area contributed by atoms with Gasteiger partial charge in [0.2, 0.25) is 12.2 Å². The van der Waals surface area contributed by atoms with Crippen LogP contribution in [0.15, 0.2) is 59.6 Å². The van der Waals surface area contributed by atoms with E-state index in [1.165, 1.54) is 10.5 Å². The first-order valence-electron chi connectivity index (χ1n) is 8.24. The molecule has 150 valence electrons. The van der Waals surface area contributed by atoms with E-state index in [0.29, 0.717) is 16.8 Å². The van der Waals surface area contributed by atoms with Crippen molar-refractivity contribution in [3.05, 3.63) is 65.3 Å². The van der Waals surface area contributed by atoms with Crippen LogP contribution in [0.4, 0.5) is 36.3 Å². The Morgan fingerprint density at radius 2 is 1.76 bits per heavy atom. The zero-order chi connectivity index (χ0) is 20.9. The number of anilines is 4. The van der Waals surface area contributed by atoms with Crippen LogP contribution >= 0.6 is 23.4 Å². The van der Waals surface area contributed by atoms with Crippen LogP contribution in [0.1, 0.15) is 5.56 Å². The summed E-state index contributed by atoms with van der Waals surface area (Å²) in [5.41, 5.74) is 3.15. The fourth-order valence-corrected chi connectivity index (χ4v) is 3.39. The van der Waals surface area contributed by atoms with Crippen molar-refractivity contribution in [1.29, 1.82) is 0 Å². The molecule has 0 unspecified atom stereocenters. The van der Waals surface area contributed by atoms with Gasteiger partial charge in [0.25, 0.3) is 0 Å². The van der Waals surface area contributed by atoms with Crippen molar-refractivity contribution in [2.75, 3.05) is 10.6 Å². The topological polar surface area (TPSA) is 66.9 Å². The van der Waals surface area contributed by atoms with Crippen LogP contribution in [0.5, 0.6) is 0 Å². The van der Waals surface area contributed by atoms with Gasteiger partial charge in [-0.05, 0) is 35.9 Å². The number of hydrogen-bond donors (Lipinski definition) is 2. The smallest absolute Gasteiger partial charge is 0.339 e. The summed E-state index contributed by atoms with van der Waals surface area (Å²) >= 11 is 8.01. The second-order valence-corrected chi connectivity index (χ2v) is 7.27. The molecule has 29 heavy (non-hydrogen) atoms. The molecule has 1 aliphatic heterocycles. The standard InChI is InChI=1S/C17H13ClN4S.C2HF3O/c18-15-9-19-17-21-13-5-2-6-14(8-13)23-10-11-3-1-4-12(7-11)20-16(15)22-17;3-2(4,5)1-6/h1-9H,10H2,(H2,19,20,21,22);1H. The van der Waals surface area contributed by atoms with Gasteiger partial charge in [-0.15, -0.1) is 11.8 Å². The number of aromatic nitrogens is 2. The predicted molar refractivity (Wildman–Crippen MR) is 108 cm³/mol. The Morgan fingerprint density at radius 3 is 2.48 bits per heavy atom. The van der Waals surface area contributed by atoms with Crippen LogP contribution in [0.3, 0.4) is 0 Å². The number of fused-ring (bicyclic) bond motifs is 6. The Bertz CT molecular complexity index is 1020. The van der Waals surface area contributed by atoms with E-state index in [9.17, 15) is 13.2 Å². The summed E-state index contributed by atoms with van der Waals surface area (Å²) in [5.74, 6) is 1.99. The predicted octanol–water partition coefficient (Wildman–Crippen LogP) is 5.97. The molecule has 0 aliphatic carbocycles. The second-order valence-electron chi connectivity index (χ2n) is 5.82. The highest BCUT2D eigenvalue weighted by molar-refractivity contribution is 7.98. The first-order valence-corrected chi connectivity index (χ1v) is 9.60. The minimum atomic E-state index is -4.64. The van der Waals surface area contributed by atoms with Gasteiger partial charge in [0.15, 0.2) is 5.82 Å². The van der Waals surface area contributed by atoms with Gasteiger partial charge in [-0.3, -0.25) is 4.79 Å². The Labute approximate surface area is 173 Å². The van der Waals surface area contributed by atoms with E-state index in [4.69, 9.17) is 16.4 Å². The molecule has 3 aromatic rings. The van der Waals surface area contributed by atoms with Gasteiger partial charge in [0, 0.05) is 22.0 Å². The maximum atomic E-state index is 10.4. The van der Waals surface area contributed by atoms with Crippen molar-refractivity contribution in [1.82, 2.24) is 9.97 Å². The van der Waals surface area contributed by atoms with Crippen LogP contribution in [0, 0.1) is 0 Å². The lowest BCUT2D eigenvalue weighted by Gasteiger charge is -2.10. The number of aldehydes is 1. The van der Waals surface area contributed by atoms with E-state index in [-0.39, 0.29) is 0 Å². The summed E-state index contributed by atoms with van der Waals surface area (Å²) < 4.78 is 31.2. The SMILES string of the molecule is Clc1cnc2nc1Nc1cccc(c1)CSc1cccc(c1)N2.O=CC(F)(F)F. The molecule has 2 heterocycles. The molecule has 0 atom stereocenters. The lowest BCUT2D eigenvalue weighted by molar-refractivity contribution is -0.156. The molecule has 0 saturated heterocycles.